The molecule has 0 fully saturated rings. The average molecular weight is 285 g/mol. The van der Waals surface area contributed by atoms with Gasteiger partial charge in [-0.3, -0.25) is 5.43 Å². The maximum Gasteiger partial charge on any atom is 0.210 e. The van der Waals surface area contributed by atoms with Crippen LogP contribution in [0.4, 0.5) is 5.69 Å². The van der Waals surface area contributed by atoms with Crippen molar-refractivity contribution in [2.45, 2.75) is 26.8 Å². The summed E-state index contributed by atoms with van der Waals surface area (Å²) >= 11 is 3.43. The number of rotatable bonds is 2. The molecule has 1 rings (SSSR count). The van der Waals surface area contributed by atoms with Crippen molar-refractivity contribution in [1.82, 2.24) is 5.43 Å². The molecule has 0 aliphatic carbocycles. The second-order valence-electron chi connectivity index (χ2n) is 3.80. The Kier molecular flexibility index (Phi) is 4.76. The van der Waals surface area contributed by atoms with Crippen molar-refractivity contribution in [3.8, 4) is 0 Å². The molecule has 0 spiro atoms. The van der Waals surface area contributed by atoms with Crippen LogP contribution in [0.15, 0.2) is 27.7 Å². The van der Waals surface area contributed by atoms with E-state index in [9.17, 15) is 0 Å². The summed E-state index contributed by atoms with van der Waals surface area (Å²) in [5.74, 6) is 5.97. The number of aliphatic imine (C=N–C) groups is 1. The van der Waals surface area contributed by atoms with Gasteiger partial charge in [0.25, 0.3) is 0 Å². The van der Waals surface area contributed by atoms with Gasteiger partial charge in [0, 0.05) is 16.2 Å². The van der Waals surface area contributed by atoms with E-state index in [1.807, 2.05) is 39.0 Å². The zero-order chi connectivity index (χ0) is 12.1. The Hall–Kier alpha value is -1.07. The fraction of sp³-hybridized carbons (Fsp3) is 0.364. The minimum Gasteiger partial charge on any atom is -0.325 e. The van der Waals surface area contributed by atoms with E-state index < -0.39 is 0 Å². The number of nitrogens with two attached hydrogens (primary N) is 1. The highest BCUT2D eigenvalue weighted by Crippen LogP contribution is 2.20. The Balaban J connectivity index is 2.90. The van der Waals surface area contributed by atoms with Crippen LogP contribution in [0.3, 0.4) is 0 Å². The number of hydrazine groups is 1. The summed E-state index contributed by atoms with van der Waals surface area (Å²) in [6, 6.07) is 6.19. The third-order valence-electron chi connectivity index (χ3n) is 1.98. The fourth-order valence-electron chi connectivity index (χ4n) is 1.22. The lowest BCUT2D eigenvalue weighted by molar-refractivity contribution is 0.819. The van der Waals surface area contributed by atoms with E-state index in [-0.39, 0.29) is 6.04 Å². The Morgan fingerprint density at radius 3 is 2.69 bits per heavy atom. The summed E-state index contributed by atoms with van der Waals surface area (Å²) in [5, 5.41) is 3.15. The monoisotopic (exact) mass is 284 g/mol. The molecule has 0 aliphatic heterocycles. The maximum atomic E-state index is 5.40. The van der Waals surface area contributed by atoms with Gasteiger partial charge in [-0.1, -0.05) is 22.0 Å². The highest BCUT2D eigenvalue weighted by atomic mass is 79.9. The molecule has 0 aliphatic rings. The molecule has 0 bridgehead atoms. The van der Waals surface area contributed by atoms with Crippen LogP contribution in [0, 0.1) is 6.92 Å². The molecule has 0 saturated carbocycles. The summed E-state index contributed by atoms with van der Waals surface area (Å²) in [6.45, 7) is 6.01. The molecule has 5 heteroatoms. The zero-order valence-electron chi connectivity index (χ0n) is 9.71. The highest BCUT2D eigenvalue weighted by Gasteiger charge is 2.03. The molecule has 0 heterocycles. The van der Waals surface area contributed by atoms with Gasteiger partial charge in [-0.15, -0.1) is 0 Å². The SMILES string of the molecule is Cc1ccc(Br)cc1NC(=NC(C)C)NN. The van der Waals surface area contributed by atoms with E-state index in [0.29, 0.717) is 5.96 Å². The normalized spacial score (nSPS) is 11.8. The van der Waals surface area contributed by atoms with Gasteiger partial charge in [-0.05, 0) is 38.5 Å². The number of anilines is 1. The van der Waals surface area contributed by atoms with Gasteiger partial charge in [0.15, 0.2) is 0 Å². The number of hydrogen-bond acceptors (Lipinski definition) is 2. The first-order valence-electron chi connectivity index (χ1n) is 5.10. The van der Waals surface area contributed by atoms with E-state index in [1.54, 1.807) is 0 Å². The van der Waals surface area contributed by atoms with E-state index in [1.165, 1.54) is 0 Å². The molecule has 0 aromatic heterocycles. The number of halogens is 1. The second-order valence-corrected chi connectivity index (χ2v) is 4.72. The first-order valence-corrected chi connectivity index (χ1v) is 5.90. The van der Waals surface area contributed by atoms with E-state index in [2.05, 4.69) is 31.7 Å². The third kappa shape index (κ3) is 3.83. The van der Waals surface area contributed by atoms with Gasteiger partial charge >= 0.3 is 0 Å². The van der Waals surface area contributed by atoms with Gasteiger partial charge in [0.1, 0.15) is 0 Å². The lowest BCUT2D eigenvalue weighted by Crippen LogP contribution is -2.37. The third-order valence-corrected chi connectivity index (χ3v) is 2.47. The van der Waals surface area contributed by atoms with Crippen LogP contribution < -0.4 is 16.6 Å². The number of nitrogens with one attached hydrogen (secondary N) is 2. The molecule has 0 saturated heterocycles. The number of benzene rings is 1. The molecular formula is C11H17BrN4. The van der Waals surface area contributed by atoms with Crippen molar-refractivity contribution in [1.29, 1.82) is 0 Å². The summed E-state index contributed by atoms with van der Waals surface area (Å²) in [5.41, 5.74) is 4.66. The molecule has 0 amide bonds. The van der Waals surface area contributed by atoms with Crippen LogP contribution in [-0.4, -0.2) is 12.0 Å². The molecule has 1 aromatic carbocycles. The molecule has 4 N–H and O–H groups in total. The summed E-state index contributed by atoms with van der Waals surface area (Å²) in [4.78, 5) is 4.32. The quantitative estimate of drug-likeness (QED) is 0.338. The molecular weight excluding hydrogens is 268 g/mol. The Bertz CT molecular complexity index is 388. The van der Waals surface area contributed by atoms with Crippen molar-refractivity contribution in [2.75, 3.05) is 5.32 Å². The van der Waals surface area contributed by atoms with Crippen LogP contribution in [0.5, 0.6) is 0 Å². The minimum absolute atomic E-state index is 0.186. The number of hydrogen-bond donors (Lipinski definition) is 3. The molecule has 1 aromatic rings. The largest absolute Gasteiger partial charge is 0.325 e. The molecule has 0 atom stereocenters. The molecule has 16 heavy (non-hydrogen) atoms. The van der Waals surface area contributed by atoms with Crippen LogP contribution in [0.2, 0.25) is 0 Å². The zero-order valence-corrected chi connectivity index (χ0v) is 11.3. The van der Waals surface area contributed by atoms with Crippen molar-refractivity contribution < 1.29 is 0 Å². The van der Waals surface area contributed by atoms with Gasteiger partial charge in [-0.25, -0.2) is 10.8 Å². The van der Waals surface area contributed by atoms with Crippen LogP contribution >= 0.6 is 15.9 Å². The topological polar surface area (TPSA) is 62.4 Å². The van der Waals surface area contributed by atoms with Crippen molar-refractivity contribution in [3.63, 3.8) is 0 Å². The smallest absolute Gasteiger partial charge is 0.210 e. The molecule has 88 valence electrons. The summed E-state index contributed by atoms with van der Waals surface area (Å²) < 4.78 is 1.02. The highest BCUT2D eigenvalue weighted by molar-refractivity contribution is 9.10. The molecule has 4 nitrogen and oxygen atoms in total. The maximum absolute atomic E-state index is 5.40. The second kappa shape index (κ2) is 5.86. The first kappa shape index (κ1) is 13.0. The van der Waals surface area contributed by atoms with Crippen LogP contribution in [0.25, 0.3) is 0 Å². The predicted octanol–water partition coefficient (Wildman–Crippen LogP) is 2.40. The average Bonchev–Trinajstić information content (AvgIpc) is 2.21. The molecule has 0 unspecified atom stereocenters. The number of aryl methyl sites for hydroxylation is 1. The van der Waals surface area contributed by atoms with Gasteiger partial charge in [0.05, 0.1) is 0 Å². The molecule has 0 radical (unpaired) electrons. The van der Waals surface area contributed by atoms with E-state index in [4.69, 9.17) is 5.84 Å². The van der Waals surface area contributed by atoms with Crippen molar-refractivity contribution >= 4 is 27.6 Å². The predicted molar refractivity (Wildman–Crippen MR) is 72.4 cm³/mol. The Morgan fingerprint density at radius 2 is 2.12 bits per heavy atom. The first-order chi connectivity index (χ1) is 7.52. The van der Waals surface area contributed by atoms with E-state index >= 15 is 0 Å². The fourth-order valence-corrected chi connectivity index (χ4v) is 1.58. The number of nitrogens with zero attached hydrogens (tertiary/aromatic N) is 1. The number of guanidine groups is 1. The van der Waals surface area contributed by atoms with Gasteiger partial charge in [0.2, 0.25) is 5.96 Å². The standard InChI is InChI=1S/C11H17BrN4/c1-7(2)14-11(16-13)15-10-6-9(12)5-4-8(10)3/h4-7H,13H2,1-3H3,(H2,14,15,16). The van der Waals surface area contributed by atoms with Gasteiger partial charge < -0.3 is 5.32 Å². The van der Waals surface area contributed by atoms with Crippen molar-refractivity contribution in [3.05, 3.63) is 28.2 Å². The Morgan fingerprint density at radius 1 is 1.44 bits per heavy atom. The minimum atomic E-state index is 0.186. The van der Waals surface area contributed by atoms with Gasteiger partial charge in [-0.2, -0.15) is 0 Å². The lowest BCUT2D eigenvalue weighted by atomic mass is 10.2. The van der Waals surface area contributed by atoms with Crippen LogP contribution in [0.1, 0.15) is 19.4 Å². The van der Waals surface area contributed by atoms with Crippen molar-refractivity contribution in [2.24, 2.45) is 10.8 Å². The van der Waals surface area contributed by atoms with Crippen LogP contribution in [-0.2, 0) is 0 Å². The summed E-state index contributed by atoms with van der Waals surface area (Å²) in [6.07, 6.45) is 0. The van der Waals surface area contributed by atoms with E-state index in [0.717, 1.165) is 15.7 Å². The Labute approximate surface area is 104 Å². The lowest BCUT2D eigenvalue weighted by Gasteiger charge is -2.12. The summed E-state index contributed by atoms with van der Waals surface area (Å²) in [7, 11) is 0.